The van der Waals surface area contributed by atoms with Crippen LogP contribution in [0.5, 0.6) is 11.5 Å². The Morgan fingerprint density at radius 2 is 1.80 bits per heavy atom. The van der Waals surface area contributed by atoms with Gasteiger partial charge in [0, 0.05) is 12.1 Å². The molecule has 0 atom stereocenters. The molecule has 0 fully saturated rings. The highest BCUT2D eigenvalue weighted by Crippen LogP contribution is 2.32. The lowest BCUT2D eigenvalue weighted by Gasteiger charge is -2.27. The molecule has 6 nitrogen and oxygen atoms in total. The van der Waals surface area contributed by atoms with Crippen LogP contribution in [0.2, 0.25) is 0 Å². The van der Waals surface area contributed by atoms with Crippen LogP contribution >= 0.6 is 0 Å². The molecule has 2 amide bonds. The van der Waals surface area contributed by atoms with Gasteiger partial charge in [0.2, 0.25) is 0 Å². The Hall–Kier alpha value is -3.07. The summed E-state index contributed by atoms with van der Waals surface area (Å²) in [5.74, 6) is 0.337. The van der Waals surface area contributed by atoms with E-state index in [4.69, 9.17) is 9.47 Å². The molecule has 1 aromatic rings. The predicted molar refractivity (Wildman–Crippen MR) is 116 cm³/mol. The zero-order valence-corrected chi connectivity index (χ0v) is 18.3. The summed E-state index contributed by atoms with van der Waals surface area (Å²) in [6, 6.07) is 7.41. The van der Waals surface area contributed by atoms with Gasteiger partial charge in [0.05, 0.1) is 13.7 Å². The Morgan fingerprint density at radius 3 is 2.43 bits per heavy atom. The average Bonchev–Trinajstić information content (AvgIpc) is 2.75. The minimum atomic E-state index is -0.515. The topological polar surface area (TPSA) is 79.6 Å². The summed E-state index contributed by atoms with van der Waals surface area (Å²) in [7, 11) is 1.57. The summed E-state index contributed by atoms with van der Waals surface area (Å²) < 4.78 is 11.3. The van der Waals surface area contributed by atoms with Crippen molar-refractivity contribution in [3.05, 3.63) is 40.5 Å². The second-order valence-electron chi connectivity index (χ2n) is 7.25. The van der Waals surface area contributed by atoms with E-state index >= 15 is 0 Å². The number of carbonyl (C=O) groups is 2. The van der Waals surface area contributed by atoms with Crippen molar-refractivity contribution >= 4 is 17.9 Å². The van der Waals surface area contributed by atoms with Crippen LogP contribution in [0.1, 0.15) is 58.4 Å². The lowest BCUT2D eigenvalue weighted by atomic mass is 9.93. The number of amides is 2. The smallest absolute Gasteiger partial charge is 0.271 e. The number of benzene rings is 1. The molecule has 0 spiro atoms. The molecule has 160 valence electrons. The van der Waals surface area contributed by atoms with Gasteiger partial charge in [0.1, 0.15) is 11.6 Å². The Morgan fingerprint density at radius 1 is 1.07 bits per heavy atom. The van der Waals surface area contributed by atoms with Gasteiger partial charge >= 0.3 is 0 Å². The molecule has 0 radical (unpaired) electrons. The van der Waals surface area contributed by atoms with E-state index in [9.17, 15) is 14.9 Å². The van der Waals surface area contributed by atoms with Crippen LogP contribution < -0.4 is 9.47 Å². The molecular weight excluding hydrogens is 380 g/mol. The third-order valence-electron chi connectivity index (χ3n) is 5.06. The SMILES string of the molecule is CCCCCOc1ccc(/C=C2/C(=O)N(CCCC)C(=O)C(C#N)=C2C)cc1OC. The number of hydrogen-bond donors (Lipinski definition) is 0. The van der Waals surface area contributed by atoms with Crippen LogP contribution in [0.3, 0.4) is 0 Å². The van der Waals surface area contributed by atoms with Crippen molar-refractivity contribution < 1.29 is 19.1 Å². The fraction of sp³-hybridized carbons (Fsp3) is 0.458. The zero-order valence-electron chi connectivity index (χ0n) is 18.3. The fourth-order valence-electron chi connectivity index (χ4n) is 3.24. The van der Waals surface area contributed by atoms with Gasteiger partial charge in [-0.1, -0.05) is 39.2 Å². The van der Waals surface area contributed by atoms with E-state index in [1.807, 2.05) is 25.1 Å². The maximum absolute atomic E-state index is 13.0. The number of ether oxygens (including phenoxy) is 2. The van der Waals surface area contributed by atoms with E-state index in [1.54, 1.807) is 26.2 Å². The molecule has 0 N–H and O–H groups in total. The first-order valence-corrected chi connectivity index (χ1v) is 10.5. The van der Waals surface area contributed by atoms with Crippen LogP contribution in [0.25, 0.3) is 6.08 Å². The number of rotatable bonds is 10. The predicted octanol–water partition coefficient (Wildman–Crippen LogP) is 4.66. The maximum Gasteiger partial charge on any atom is 0.271 e. The lowest BCUT2D eigenvalue weighted by Crippen LogP contribution is -2.43. The molecular formula is C24H30N2O4. The van der Waals surface area contributed by atoms with Crippen molar-refractivity contribution in [2.45, 2.75) is 52.9 Å². The van der Waals surface area contributed by atoms with E-state index in [0.29, 0.717) is 42.2 Å². The first kappa shape index (κ1) is 23.2. The number of nitriles is 1. The van der Waals surface area contributed by atoms with E-state index < -0.39 is 5.91 Å². The maximum atomic E-state index is 13.0. The monoisotopic (exact) mass is 410 g/mol. The number of hydrogen-bond acceptors (Lipinski definition) is 5. The van der Waals surface area contributed by atoms with E-state index in [2.05, 4.69) is 6.92 Å². The summed E-state index contributed by atoms with van der Waals surface area (Å²) >= 11 is 0. The molecule has 1 aromatic carbocycles. The highest BCUT2D eigenvalue weighted by Gasteiger charge is 2.34. The molecule has 1 heterocycles. The fourth-order valence-corrected chi connectivity index (χ4v) is 3.24. The van der Waals surface area contributed by atoms with E-state index in [-0.39, 0.29) is 11.5 Å². The molecule has 0 aliphatic carbocycles. The highest BCUT2D eigenvalue weighted by molar-refractivity contribution is 6.19. The van der Waals surface area contributed by atoms with Crippen LogP contribution in [0.4, 0.5) is 0 Å². The molecule has 0 unspecified atom stereocenters. The number of imide groups is 1. The number of nitrogens with zero attached hydrogens (tertiary/aromatic N) is 2. The first-order chi connectivity index (χ1) is 14.5. The van der Waals surface area contributed by atoms with Crippen molar-refractivity contribution in [1.82, 2.24) is 4.90 Å². The average molecular weight is 411 g/mol. The van der Waals surface area contributed by atoms with Crippen molar-refractivity contribution in [3.63, 3.8) is 0 Å². The van der Waals surface area contributed by atoms with Crippen LogP contribution in [0, 0.1) is 11.3 Å². The molecule has 30 heavy (non-hydrogen) atoms. The second-order valence-corrected chi connectivity index (χ2v) is 7.25. The van der Waals surface area contributed by atoms with Crippen molar-refractivity contribution in [2.75, 3.05) is 20.3 Å². The Labute approximate surface area is 178 Å². The lowest BCUT2D eigenvalue weighted by molar-refractivity contribution is -0.140. The van der Waals surface area contributed by atoms with Gasteiger partial charge in [-0.25, -0.2) is 0 Å². The Balaban J connectivity index is 2.37. The molecule has 0 bridgehead atoms. The molecule has 0 saturated carbocycles. The van der Waals surface area contributed by atoms with E-state index in [1.165, 1.54) is 4.90 Å². The summed E-state index contributed by atoms with van der Waals surface area (Å²) in [6.07, 6.45) is 6.44. The Kier molecular flexibility index (Phi) is 8.67. The second kappa shape index (κ2) is 11.2. The summed E-state index contributed by atoms with van der Waals surface area (Å²) in [5, 5.41) is 9.45. The molecule has 0 aromatic heterocycles. The third-order valence-corrected chi connectivity index (χ3v) is 5.06. The van der Waals surface area contributed by atoms with Crippen molar-refractivity contribution in [1.29, 1.82) is 5.26 Å². The molecule has 2 rings (SSSR count). The van der Waals surface area contributed by atoms with Gasteiger partial charge in [-0.2, -0.15) is 5.26 Å². The zero-order chi connectivity index (χ0) is 22.1. The van der Waals surface area contributed by atoms with Gasteiger partial charge < -0.3 is 9.47 Å². The largest absolute Gasteiger partial charge is 0.493 e. The van der Waals surface area contributed by atoms with Crippen LogP contribution in [-0.4, -0.2) is 37.0 Å². The first-order valence-electron chi connectivity index (χ1n) is 10.5. The molecule has 6 heteroatoms. The standard InChI is InChI=1S/C24H30N2O4/c1-5-7-9-13-30-21-11-10-18(15-22(21)29-4)14-19-17(3)20(16-25)24(28)26(23(19)27)12-8-6-2/h10-11,14-15H,5-9,12-13H2,1-4H3/b19-14+. The van der Waals surface area contributed by atoms with Crippen LogP contribution in [0.15, 0.2) is 34.9 Å². The van der Waals surface area contributed by atoms with Crippen molar-refractivity contribution in [3.8, 4) is 17.6 Å². The minimum absolute atomic E-state index is 0.0137. The van der Waals surface area contributed by atoms with Gasteiger partial charge in [-0.3, -0.25) is 14.5 Å². The number of unbranched alkanes of at least 4 members (excludes halogenated alkanes) is 3. The van der Waals surface area contributed by atoms with Gasteiger partial charge in [-0.05, 0) is 49.1 Å². The highest BCUT2D eigenvalue weighted by atomic mass is 16.5. The third kappa shape index (κ3) is 5.29. The quantitative estimate of drug-likeness (QED) is 0.318. The normalized spacial score (nSPS) is 15.6. The summed E-state index contributed by atoms with van der Waals surface area (Å²) in [5.41, 5.74) is 1.50. The van der Waals surface area contributed by atoms with Gasteiger partial charge in [-0.15, -0.1) is 0 Å². The molecule has 0 saturated heterocycles. The Bertz CT molecular complexity index is 893. The minimum Gasteiger partial charge on any atom is -0.493 e. The summed E-state index contributed by atoms with van der Waals surface area (Å²) in [4.78, 5) is 26.7. The van der Waals surface area contributed by atoms with Gasteiger partial charge in [0.25, 0.3) is 11.8 Å². The molecule has 1 aliphatic heterocycles. The van der Waals surface area contributed by atoms with E-state index in [0.717, 1.165) is 31.2 Å². The molecule has 1 aliphatic rings. The summed E-state index contributed by atoms with van der Waals surface area (Å²) in [6.45, 7) is 6.68. The van der Waals surface area contributed by atoms with Crippen LogP contribution in [-0.2, 0) is 9.59 Å². The van der Waals surface area contributed by atoms with Crippen molar-refractivity contribution in [2.24, 2.45) is 0 Å². The van der Waals surface area contributed by atoms with Gasteiger partial charge in [0.15, 0.2) is 11.5 Å². The number of methoxy groups -OCH3 is 1. The number of carbonyl (C=O) groups excluding carboxylic acids is 2.